The number of benzene rings is 2. The van der Waals surface area contributed by atoms with Crippen LogP contribution in [0.3, 0.4) is 0 Å². The maximum Gasteiger partial charge on any atom is 0.336 e. The molecule has 2 aromatic carbocycles. The largest absolute Gasteiger partial charge is 0.478 e. The maximum absolute atomic E-state index is 13.3. The van der Waals surface area contributed by atoms with Crippen LogP contribution in [0.15, 0.2) is 47.0 Å². The van der Waals surface area contributed by atoms with Gasteiger partial charge in [0.1, 0.15) is 11.5 Å². The third-order valence-corrected chi connectivity index (χ3v) is 8.36. The number of nitrogens with one attached hydrogen (secondary N) is 1. The average molecular weight is 516 g/mol. The van der Waals surface area contributed by atoms with E-state index in [-0.39, 0.29) is 29.8 Å². The zero-order valence-corrected chi connectivity index (χ0v) is 21.8. The average Bonchev–Trinajstić information content (AvgIpc) is 3.60. The van der Waals surface area contributed by atoms with Crippen molar-refractivity contribution < 1.29 is 24.0 Å². The summed E-state index contributed by atoms with van der Waals surface area (Å²) in [4.78, 5) is 26.7. The third-order valence-electron chi connectivity index (χ3n) is 8.36. The number of hydrogen-bond acceptors (Lipinski definition) is 5. The van der Waals surface area contributed by atoms with Gasteiger partial charge in [-0.05, 0) is 75.6 Å². The summed E-state index contributed by atoms with van der Waals surface area (Å²) >= 11 is 0. The standard InChI is InChI=1S/C30H33N3O5/c1-17-6-3-4-7-23(17)27-25(28(38-32-27)19-10-11-19)16-37-22-14-20-12-13-21(15-22)33(20)30(36)31-26-9-5-8-24(18(26)2)29(34)35/h3-9,19-22H,10-16H2,1-2H3,(H,31,36)(H,34,35). The number of aromatic nitrogens is 1. The van der Waals surface area contributed by atoms with E-state index >= 15 is 0 Å². The number of rotatable bonds is 7. The van der Waals surface area contributed by atoms with Crippen molar-refractivity contribution in [3.05, 3.63) is 70.5 Å². The third kappa shape index (κ3) is 4.58. The Hall–Kier alpha value is -3.65. The summed E-state index contributed by atoms with van der Waals surface area (Å²) < 4.78 is 12.3. The van der Waals surface area contributed by atoms with E-state index < -0.39 is 5.97 Å². The van der Waals surface area contributed by atoms with Gasteiger partial charge in [-0.1, -0.05) is 35.5 Å². The molecule has 2 bridgehead atoms. The molecule has 2 unspecified atom stereocenters. The quantitative estimate of drug-likeness (QED) is 0.384. The molecule has 1 saturated carbocycles. The predicted octanol–water partition coefficient (Wildman–Crippen LogP) is 6.28. The molecule has 38 heavy (non-hydrogen) atoms. The number of piperidine rings is 1. The zero-order valence-electron chi connectivity index (χ0n) is 21.8. The van der Waals surface area contributed by atoms with Crippen LogP contribution in [0.1, 0.15) is 77.3 Å². The van der Waals surface area contributed by atoms with E-state index in [1.165, 1.54) is 0 Å². The number of anilines is 1. The molecule has 0 radical (unpaired) electrons. The number of carboxylic acid groups (broad SMARTS) is 1. The van der Waals surface area contributed by atoms with Crippen LogP contribution in [0.5, 0.6) is 0 Å². The van der Waals surface area contributed by atoms with Crippen molar-refractivity contribution in [3.8, 4) is 11.3 Å². The Morgan fingerprint density at radius 2 is 1.79 bits per heavy atom. The normalized spacial score (nSPS) is 22.5. The summed E-state index contributed by atoms with van der Waals surface area (Å²) in [5.74, 6) is 0.394. The second kappa shape index (κ2) is 9.91. The van der Waals surface area contributed by atoms with Gasteiger partial charge in [0.2, 0.25) is 0 Å². The van der Waals surface area contributed by atoms with Gasteiger partial charge in [0, 0.05) is 34.8 Å². The maximum atomic E-state index is 13.3. The van der Waals surface area contributed by atoms with E-state index in [0.29, 0.717) is 23.8 Å². The molecule has 3 fully saturated rings. The number of ether oxygens (including phenoxy) is 1. The number of carbonyl (C=O) groups excluding carboxylic acids is 1. The molecule has 3 aliphatic rings. The molecule has 1 aliphatic carbocycles. The molecule has 3 heterocycles. The van der Waals surface area contributed by atoms with Crippen molar-refractivity contribution >= 4 is 17.7 Å². The topological polar surface area (TPSA) is 105 Å². The highest BCUT2D eigenvalue weighted by atomic mass is 16.5. The second-order valence-electron chi connectivity index (χ2n) is 10.9. The van der Waals surface area contributed by atoms with Crippen LogP contribution in [-0.2, 0) is 11.3 Å². The smallest absolute Gasteiger partial charge is 0.336 e. The van der Waals surface area contributed by atoms with Crippen LogP contribution in [0.4, 0.5) is 10.5 Å². The molecule has 0 spiro atoms. The number of aryl methyl sites for hydroxylation is 1. The number of hydrogen-bond donors (Lipinski definition) is 2. The minimum absolute atomic E-state index is 0.0558. The molecule has 1 aromatic heterocycles. The number of carbonyl (C=O) groups is 2. The van der Waals surface area contributed by atoms with Crippen LogP contribution in [-0.4, -0.2) is 45.4 Å². The van der Waals surface area contributed by atoms with Crippen molar-refractivity contribution in [2.45, 2.75) is 83.1 Å². The second-order valence-corrected chi connectivity index (χ2v) is 10.9. The number of aromatic carboxylic acids is 1. The Bertz CT molecular complexity index is 1360. The Kier molecular flexibility index (Phi) is 6.43. The first-order chi connectivity index (χ1) is 18.4. The highest BCUT2D eigenvalue weighted by Gasteiger charge is 2.44. The molecular formula is C30H33N3O5. The first-order valence-electron chi connectivity index (χ1n) is 13.5. The lowest BCUT2D eigenvalue weighted by Gasteiger charge is -2.38. The first kappa shape index (κ1) is 24.7. The molecule has 2 amide bonds. The van der Waals surface area contributed by atoms with Crippen LogP contribution in [0.25, 0.3) is 11.3 Å². The number of nitrogens with zero attached hydrogens (tertiary/aromatic N) is 2. The van der Waals surface area contributed by atoms with Crippen molar-refractivity contribution in [2.24, 2.45) is 0 Å². The SMILES string of the molecule is Cc1ccccc1-c1noc(C2CC2)c1COC1CC2CCC(C1)N2C(=O)Nc1cccc(C(=O)O)c1C. The number of carboxylic acids is 1. The lowest BCUT2D eigenvalue weighted by atomic mass is 9.99. The van der Waals surface area contributed by atoms with E-state index in [9.17, 15) is 14.7 Å². The molecule has 8 nitrogen and oxygen atoms in total. The van der Waals surface area contributed by atoms with Gasteiger partial charge in [-0.15, -0.1) is 0 Å². The van der Waals surface area contributed by atoms with E-state index in [1.54, 1.807) is 25.1 Å². The summed E-state index contributed by atoms with van der Waals surface area (Å²) in [5, 5.41) is 16.8. The fraction of sp³-hybridized carbons (Fsp3) is 0.433. The number of amides is 2. The first-order valence-corrected chi connectivity index (χ1v) is 13.5. The monoisotopic (exact) mass is 515 g/mol. The predicted molar refractivity (Wildman–Crippen MR) is 142 cm³/mol. The molecule has 6 rings (SSSR count). The van der Waals surface area contributed by atoms with Crippen LogP contribution in [0, 0.1) is 13.8 Å². The summed E-state index contributed by atoms with van der Waals surface area (Å²) in [6.07, 6.45) is 5.76. The highest BCUT2D eigenvalue weighted by Crippen LogP contribution is 2.45. The van der Waals surface area contributed by atoms with Crippen molar-refractivity contribution in [3.63, 3.8) is 0 Å². The zero-order chi connectivity index (χ0) is 26.4. The van der Waals surface area contributed by atoms with Crippen molar-refractivity contribution in [1.29, 1.82) is 0 Å². The van der Waals surface area contributed by atoms with Crippen LogP contribution < -0.4 is 5.32 Å². The van der Waals surface area contributed by atoms with E-state index in [1.807, 2.05) is 17.0 Å². The Labute approximate surface area is 222 Å². The van der Waals surface area contributed by atoms with Gasteiger partial charge in [0.05, 0.1) is 18.3 Å². The van der Waals surface area contributed by atoms with E-state index in [0.717, 1.165) is 66.7 Å². The molecule has 2 N–H and O–H groups in total. The summed E-state index contributed by atoms with van der Waals surface area (Å²) in [5.41, 5.74) is 5.47. The van der Waals surface area contributed by atoms with Crippen molar-refractivity contribution in [1.82, 2.24) is 10.1 Å². The van der Waals surface area contributed by atoms with Gasteiger partial charge in [-0.2, -0.15) is 0 Å². The van der Waals surface area contributed by atoms with Crippen LogP contribution >= 0.6 is 0 Å². The summed E-state index contributed by atoms with van der Waals surface area (Å²) in [6, 6.07) is 13.2. The molecule has 2 saturated heterocycles. The Balaban J connectivity index is 1.14. The lowest BCUT2D eigenvalue weighted by Crippen LogP contribution is -2.50. The number of urea groups is 1. The van der Waals surface area contributed by atoms with Gasteiger partial charge in [-0.25, -0.2) is 9.59 Å². The van der Waals surface area contributed by atoms with Gasteiger partial charge in [0.25, 0.3) is 0 Å². The molecule has 2 atom stereocenters. The highest BCUT2D eigenvalue weighted by molar-refractivity contribution is 5.95. The molecule has 2 aliphatic heterocycles. The van der Waals surface area contributed by atoms with Gasteiger partial charge >= 0.3 is 12.0 Å². The molecule has 198 valence electrons. The number of fused-ring (bicyclic) bond motifs is 2. The van der Waals surface area contributed by atoms with Gasteiger partial charge in [-0.3, -0.25) is 0 Å². The Morgan fingerprint density at radius 3 is 2.47 bits per heavy atom. The van der Waals surface area contributed by atoms with E-state index in [4.69, 9.17) is 9.26 Å². The lowest BCUT2D eigenvalue weighted by molar-refractivity contribution is -0.0158. The fourth-order valence-electron chi connectivity index (χ4n) is 6.16. The Morgan fingerprint density at radius 1 is 1.05 bits per heavy atom. The fourth-order valence-corrected chi connectivity index (χ4v) is 6.16. The van der Waals surface area contributed by atoms with Gasteiger partial charge in [0.15, 0.2) is 0 Å². The molecule has 8 heteroatoms. The van der Waals surface area contributed by atoms with Gasteiger partial charge < -0.3 is 24.6 Å². The van der Waals surface area contributed by atoms with Crippen molar-refractivity contribution in [2.75, 3.05) is 5.32 Å². The molecular weight excluding hydrogens is 482 g/mol. The minimum Gasteiger partial charge on any atom is -0.478 e. The van der Waals surface area contributed by atoms with Crippen LogP contribution in [0.2, 0.25) is 0 Å². The molecule has 3 aromatic rings. The summed E-state index contributed by atoms with van der Waals surface area (Å²) in [7, 11) is 0. The van der Waals surface area contributed by atoms with E-state index in [2.05, 4.69) is 29.5 Å². The minimum atomic E-state index is -1.00. The summed E-state index contributed by atoms with van der Waals surface area (Å²) in [6.45, 7) is 4.26.